The second-order valence-corrected chi connectivity index (χ2v) is 3.43. The fraction of sp³-hybridized carbons (Fsp3) is 0.417. The van der Waals surface area contributed by atoms with Crippen LogP contribution in [-0.2, 0) is 11.2 Å². The van der Waals surface area contributed by atoms with Crippen molar-refractivity contribution in [3.8, 4) is 0 Å². The van der Waals surface area contributed by atoms with Crippen molar-refractivity contribution < 1.29 is 4.79 Å². The van der Waals surface area contributed by atoms with Gasteiger partial charge in [-0.25, -0.2) is 0 Å². The summed E-state index contributed by atoms with van der Waals surface area (Å²) in [4.78, 5) is 11.6. The summed E-state index contributed by atoms with van der Waals surface area (Å²) in [7, 11) is 1.81. The molecule has 82 valence electrons. The molecule has 0 heterocycles. The predicted molar refractivity (Wildman–Crippen MR) is 61.7 cm³/mol. The van der Waals surface area contributed by atoms with E-state index in [2.05, 4.69) is 10.6 Å². The van der Waals surface area contributed by atoms with Gasteiger partial charge in [0.2, 0.25) is 5.91 Å². The van der Waals surface area contributed by atoms with Crippen LogP contribution in [0, 0.1) is 0 Å². The summed E-state index contributed by atoms with van der Waals surface area (Å²) in [6, 6.07) is 9.86. The maximum Gasteiger partial charge on any atom is 0.237 e. The molecule has 0 aliphatic carbocycles. The van der Waals surface area contributed by atoms with E-state index in [0.717, 1.165) is 6.42 Å². The van der Waals surface area contributed by atoms with Crippen molar-refractivity contribution in [1.29, 1.82) is 0 Å². The topological polar surface area (TPSA) is 41.1 Å². The first-order chi connectivity index (χ1) is 7.27. The summed E-state index contributed by atoms with van der Waals surface area (Å²) in [5, 5.41) is 5.84. The second-order valence-electron chi connectivity index (χ2n) is 3.43. The van der Waals surface area contributed by atoms with E-state index in [1.165, 1.54) is 5.56 Å². The van der Waals surface area contributed by atoms with E-state index in [1.807, 2.05) is 44.3 Å². The van der Waals surface area contributed by atoms with Crippen molar-refractivity contribution in [2.75, 3.05) is 13.6 Å². The van der Waals surface area contributed by atoms with Gasteiger partial charge in [0, 0.05) is 6.54 Å². The Morgan fingerprint density at radius 3 is 2.53 bits per heavy atom. The number of rotatable bonds is 5. The van der Waals surface area contributed by atoms with Gasteiger partial charge in [-0.15, -0.1) is 0 Å². The lowest BCUT2D eigenvalue weighted by Gasteiger charge is -2.15. The summed E-state index contributed by atoms with van der Waals surface area (Å²) >= 11 is 0. The zero-order chi connectivity index (χ0) is 11.1. The minimum Gasteiger partial charge on any atom is -0.355 e. The maximum atomic E-state index is 11.6. The summed E-state index contributed by atoms with van der Waals surface area (Å²) in [6.45, 7) is 2.60. The van der Waals surface area contributed by atoms with Crippen LogP contribution in [0.3, 0.4) is 0 Å². The molecule has 0 fully saturated rings. The van der Waals surface area contributed by atoms with Crippen molar-refractivity contribution in [2.24, 2.45) is 0 Å². The van der Waals surface area contributed by atoms with E-state index in [-0.39, 0.29) is 11.9 Å². The molecule has 0 saturated carbocycles. The molecule has 2 N–H and O–H groups in total. The molecule has 0 aliphatic heterocycles. The number of hydrogen-bond donors (Lipinski definition) is 2. The highest BCUT2D eigenvalue weighted by Gasteiger charge is 2.15. The van der Waals surface area contributed by atoms with Crippen LogP contribution in [0.2, 0.25) is 0 Å². The lowest BCUT2D eigenvalue weighted by atomic mass is 10.1. The highest BCUT2D eigenvalue weighted by atomic mass is 16.2. The Labute approximate surface area is 90.9 Å². The molecule has 0 spiro atoms. The van der Waals surface area contributed by atoms with Crippen LogP contribution in [-0.4, -0.2) is 25.5 Å². The molecule has 0 aromatic heterocycles. The Kier molecular flexibility index (Phi) is 4.84. The number of carbonyl (C=O) groups is 1. The van der Waals surface area contributed by atoms with Crippen LogP contribution in [0.5, 0.6) is 0 Å². The van der Waals surface area contributed by atoms with Crippen molar-refractivity contribution in [3.05, 3.63) is 35.9 Å². The van der Waals surface area contributed by atoms with Gasteiger partial charge in [0.25, 0.3) is 0 Å². The number of benzene rings is 1. The third kappa shape index (κ3) is 3.72. The third-order valence-corrected chi connectivity index (χ3v) is 2.30. The Morgan fingerprint density at radius 2 is 2.00 bits per heavy atom. The van der Waals surface area contributed by atoms with Gasteiger partial charge < -0.3 is 10.6 Å². The summed E-state index contributed by atoms with van der Waals surface area (Å²) in [5.74, 6) is 0.0591. The van der Waals surface area contributed by atoms with E-state index >= 15 is 0 Å². The van der Waals surface area contributed by atoms with Gasteiger partial charge >= 0.3 is 0 Å². The molecule has 0 saturated heterocycles. The van der Waals surface area contributed by atoms with Crippen LogP contribution in [0.25, 0.3) is 0 Å². The number of nitrogens with one attached hydrogen (secondary N) is 2. The van der Waals surface area contributed by atoms with E-state index in [1.54, 1.807) is 0 Å². The molecule has 0 bridgehead atoms. The smallest absolute Gasteiger partial charge is 0.237 e. The Bertz CT molecular complexity index is 298. The monoisotopic (exact) mass is 206 g/mol. The highest BCUT2D eigenvalue weighted by molar-refractivity contribution is 5.81. The summed E-state index contributed by atoms with van der Waals surface area (Å²) in [6.07, 6.45) is 0.725. The fourth-order valence-electron chi connectivity index (χ4n) is 1.47. The molecule has 1 rings (SSSR count). The van der Waals surface area contributed by atoms with Gasteiger partial charge in [-0.05, 0) is 26.0 Å². The van der Waals surface area contributed by atoms with Gasteiger partial charge in [-0.2, -0.15) is 0 Å². The molecule has 15 heavy (non-hydrogen) atoms. The first kappa shape index (κ1) is 11.7. The molecule has 1 amide bonds. The van der Waals surface area contributed by atoms with Gasteiger partial charge in [0.05, 0.1) is 6.04 Å². The highest BCUT2D eigenvalue weighted by Crippen LogP contribution is 2.02. The fourth-order valence-corrected chi connectivity index (χ4v) is 1.47. The average molecular weight is 206 g/mol. The maximum absolute atomic E-state index is 11.6. The molecule has 1 aromatic rings. The Balaban J connectivity index is 2.58. The lowest BCUT2D eigenvalue weighted by Crippen LogP contribution is -2.43. The third-order valence-electron chi connectivity index (χ3n) is 2.30. The van der Waals surface area contributed by atoms with Crippen LogP contribution < -0.4 is 10.6 Å². The lowest BCUT2D eigenvalue weighted by molar-refractivity contribution is -0.122. The van der Waals surface area contributed by atoms with Crippen molar-refractivity contribution >= 4 is 5.91 Å². The van der Waals surface area contributed by atoms with Crippen LogP contribution in [0.4, 0.5) is 0 Å². The van der Waals surface area contributed by atoms with E-state index in [0.29, 0.717) is 6.54 Å². The molecule has 1 atom stereocenters. The molecule has 3 heteroatoms. The molecular weight excluding hydrogens is 188 g/mol. The molecule has 1 unspecified atom stereocenters. The number of hydrogen-bond acceptors (Lipinski definition) is 2. The van der Waals surface area contributed by atoms with Crippen molar-refractivity contribution in [1.82, 2.24) is 10.6 Å². The van der Waals surface area contributed by atoms with Crippen molar-refractivity contribution in [3.63, 3.8) is 0 Å². The quantitative estimate of drug-likeness (QED) is 0.753. The van der Waals surface area contributed by atoms with Crippen LogP contribution in [0.15, 0.2) is 30.3 Å². The first-order valence-corrected chi connectivity index (χ1v) is 5.26. The van der Waals surface area contributed by atoms with E-state index < -0.39 is 0 Å². The van der Waals surface area contributed by atoms with Gasteiger partial charge in [0.15, 0.2) is 0 Å². The minimum atomic E-state index is -0.146. The Hall–Kier alpha value is -1.35. The molecule has 0 aliphatic rings. The number of amides is 1. The zero-order valence-electron chi connectivity index (χ0n) is 9.29. The Morgan fingerprint density at radius 1 is 1.33 bits per heavy atom. The predicted octanol–water partition coefficient (Wildman–Crippen LogP) is 0.953. The summed E-state index contributed by atoms with van der Waals surface area (Å²) in [5.41, 5.74) is 1.17. The summed E-state index contributed by atoms with van der Waals surface area (Å²) < 4.78 is 0. The number of carbonyl (C=O) groups excluding carboxylic acids is 1. The van der Waals surface area contributed by atoms with Crippen LogP contribution >= 0.6 is 0 Å². The van der Waals surface area contributed by atoms with Crippen LogP contribution in [0.1, 0.15) is 12.5 Å². The van der Waals surface area contributed by atoms with Gasteiger partial charge in [-0.1, -0.05) is 30.3 Å². The van der Waals surface area contributed by atoms with E-state index in [9.17, 15) is 4.79 Å². The average Bonchev–Trinajstić information content (AvgIpc) is 2.27. The van der Waals surface area contributed by atoms with Gasteiger partial charge in [-0.3, -0.25) is 4.79 Å². The van der Waals surface area contributed by atoms with Crippen molar-refractivity contribution in [2.45, 2.75) is 19.4 Å². The molecule has 0 radical (unpaired) electrons. The molecule has 3 nitrogen and oxygen atoms in total. The van der Waals surface area contributed by atoms with Gasteiger partial charge in [0.1, 0.15) is 0 Å². The molecule has 1 aromatic carbocycles. The number of likely N-dealkylation sites (N-methyl/N-ethyl adjacent to an activating group) is 2. The SMILES string of the molecule is CCNC(=O)C(Cc1ccccc1)NC. The zero-order valence-corrected chi connectivity index (χ0v) is 9.29. The second kappa shape index (κ2) is 6.19. The minimum absolute atomic E-state index is 0.0591. The normalized spacial score (nSPS) is 12.1. The molecular formula is C12H18N2O. The largest absolute Gasteiger partial charge is 0.355 e. The van der Waals surface area contributed by atoms with E-state index in [4.69, 9.17) is 0 Å². The first-order valence-electron chi connectivity index (χ1n) is 5.26. The standard InChI is InChI=1S/C12H18N2O/c1-3-14-12(15)11(13-2)9-10-7-5-4-6-8-10/h4-8,11,13H,3,9H2,1-2H3,(H,14,15).